The number of para-hydroxylation sites is 1. The number of hydrogen-bond donors (Lipinski definition) is 1. The van der Waals surface area contributed by atoms with Crippen LogP contribution >= 0.6 is 0 Å². The van der Waals surface area contributed by atoms with Crippen LogP contribution in [0.2, 0.25) is 0 Å². The van der Waals surface area contributed by atoms with Gasteiger partial charge in [-0.2, -0.15) is 0 Å². The van der Waals surface area contributed by atoms with Crippen LogP contribution in [0.15, 0.2) is 24.3 Å². The van der Waals surface area contributed by atoms with Crippen LogP contribution in [-0.4, -0.2) is 10.8 Å². The van der Waals surface area contributed by atoms with Gasteiger partial charge in [-0.3, -0.25) is 4.79 Å². The van der Waals surface area contributed by atoms with Crippen molar-refractivity contribution in [3.63, 3.8) is 0 Å². The Hall–Kier alpha value is -1.57. The van der Waals surface area contributed by atoms with Crippen LogP contribution in [0.3, 0.4) is 0 Å². The van der Waals surface area contributed by atoms with E-state index in [0.29, 0.717) is 5.69 Å². The fourth-order valence-electron chi connectivity index (χ4n) is 1.75. The lowest BCUT2D eigenvalue weighted by atomic mass is 10.1. The van der Waals surface area contributed by atoms with Gasteiger partial charge in [0.1, 0.15) is 0 Å². The maximum Gasteiger partial charge on any atom is 0.181 e. The molecule has 0 aliphatic rings. The number of aromatic amines is 1. The molecular weight excluding hydrogens is 186 g/mol. The number of aromatic nitrogens is 1. The van der Waals surface area contributed by atoms with Gasteiger partial charge in [0.25, 0.3) is 0 Å². The molecule has 2 nitrogen and oxygen atoms in total. The fourth-order valence-corrected chi connectivity index (χ4v) is 1.75. The molecule has 15 heavy (non-hydrogen) atoms. The summed E-state index contributed by atoms with van der Waals surface area (Å²) in [7, 11) is 0. The topological polar surface area (TPSA) is 32.9 Å². The first-order chi connectivity index (χ1) is 7.09. The number of carbonyl (C=O) groups excluding carboxylic acids is 1. The highest BCUT2D eigenvalue weighted by Crippen LogP contribution is 2.20. The Morgan fingerprint density at radius 3 is 2.73 bits per heavy atom. The van der Waals surface area contributed by atoms with Gasteiger partial charge in [-0.25, -0.2) is 0 Å². The molecule has 0 atom stereocenters. The summed E-state index contributed by atoms with van der Waals surface area (Å²) < 4.78 is 0. The van der Waals surface area contributed by atoms with Crippen molar-refractivity contribution in [2.45, 2.75) is 20.8 Å². The van der Waals surface area contributed by atoms with Gasteiger partial charge in [-0.05, 0) is 18.6 Å². The largest absolute Gasteiger partial charge is 0.352 e. The predicted octanol–water partition coefficient (Wildman–Crippen LogP) is 3.56. The molecule has 0 radical (unpaired) electrons. The molecule has 1 N–H and O–H groups in total. The van der Waals surface area contributed by atoms with Gasteiger partial charge in [-0.1, -0.05) is 32.0 Å². The first kappa shape index (κ1) is 9.97. The average Bonchev–Trinajstić information content (AvgIpc) is 2.61. The number of Topliss-reactive ketones (excluding diaryl/α,β-unsaturated/α-hetero) is 1. The van der Waals surface area contributed by atoms with Crippen molar-refractivity contribution in [3.05, 3.63) is 35.5 Å². The monoisotopic (exact) mass is 203 g/mol. The van der Waals surface area contributed by atoms with E-state index in [9.17, 15) is 4.79 Å². The summed E-state index contributed by atoms with van der Waals surface area (Å²) in [5.74, 6) is 0.212. The molecule has 2 rings (SSSR count). The molecule has 1 heterocycles. The van der Waals surface area contributed by atoms with E-state index in [2.05, 4.69) is 4.98 Å². The van der Waals surface area contributed by atoms with Gasteiger partial charge >= 0.3 is 0 Å². The summed E-state index contributed by atoms with van der Waals surface area (Å²) in [4.78, 5) is 15.0. The highest BCUT2D eigenvalue weighted by Gasteiger charge is 2.13. The molecule has 1 aromatic carbocycles. The molecule has 0 fully saturated rings. The number of hydrogen-bond acceptors (Lipinski definition) is 1. The summed E-state index contributed by atoms with van der Waals surface area (Å²) in [6.07, 6.45) is 0. The van der Waals surface area contributed by atoms with Crippen LogP contribution in [0.25, 0.3) is 10.9 Å². The fraction of sp³-hybridized carbons (Fsp3) is 0.308. The van der Waals surface area contributed by atoms with Crippen LogP contribution < -0.4 is 0 Å². The number of H-pyrrole nitrogens is 1. The van der Waals surface area contributed by atoms with Gasteiger partial charge in [0.05, 0.1) is 5.69 Å². The molecule has 0 spiro atoms. The van der Waals surface area contributed by atoms with Crippen LogP contribution in [0.1, 0.15) is 31.3 Å². The zero-order valence-corrected chi connectivity index (χ0v) is 9.29. The highest BCUT2D eigenvalue weighted by molar-refractivity contribution is 6.00. The normalized spacial score (nSPS) is 11.2. The van der Waals surface area contributed by atoms with Gasteiger partial charge in [0.15, 0.2) is 5.78 Å². The summed E-state index contributed by atoms with van der Waals surface area (Å²) in [5.41, 5.74) is 2.96. The van der Waals surface area contributed by atoms with Crippen LogP contribution in [0.4, 0.5) is 0 Å². The number of benzene rings is 1. The number of fused-ring (bicyclic) bond motifs is 1. The maximum absolute atomic E-state index is 11.8. The molecule has 80 valence electrons. The van der Waals surface area contributed by atoms with E-state index in [0.717, 1.165) is 10.9 Å². The molecule has 1 aromatic heterocycles. The van der Waals surface area contributed by atoms with E-state index in [4.69, 9.17) is 0 Å². The lowest BCUT2D eigenvalue weighted by Gasteiger charge is -1.99. The molecule has 0 saturated heterocycles. The Balaban J connectivity index is 0.00000128. The summed E-state index contributed by atoms with van der Waals surface area (Å²) >= 11 is 0. The quantitative estimate of drug-likeness (QED) is 0.744. The second-order valence-electron chi connectivity index (χ2n) is 4.24. The van der Waals surface area contributed by atoms with Crippen LogP contribution in [0, 0.1) is 12.8 Å². The summed E-state index contributed by atoms with van der Waals surface area (Å²) in [5, 5.41) is 1.11. The number of ketones is 1. The van der Waals surface area contributed by atoms with Crippen LogP contribution in [0.5, 0.6) is 0 Å². The number of rotatable bonds is 2. The first-order valence-corrected chi connectivity index (χ1v) is 5.22. The van der Waals surface area contributed by atoms with Crippen LogP contribution in [-0.2, 0) is 0 Å². The van der Waals surface area contributed by atoms with E-state index >= 15 is 0 Å². The molecule has 0 saturated carbocycles. The Kier molecular flexibility index (Phi) is 2.35. The van der Waals surface area contributed by atoms with Gasteiger partial charge in [0.2, 0.25) is 0 Å². The van der Waals surface area contributed by atoms with Gasteiger partial charge in [0, 0.05) is 18.2 Å². The standard InChI is InChI=1S/C13H15NO.H2/c1-8(2)13(15)11-7-10-6-4-5-9(3)12(10)14-11;/h4-8,14H,1-3H3;1H. The van der Waals surface area contributed by atoms with Crippen molar-refractivity contribution in [2.24, 2.45) is 5.92 Å². The lowest BCUT2D eigenvalue weighted by Crippen LogP contribution is -2.07. The second kappa shape index (κ2) is 3.54. The Morgan fingerprint density at radius 2 is 2.13 bits per heavy atom. The third kappa shape index (κ3) is 1.67. The summed E-state index contributed by atoms with van der Waals surface area (Å²) in [6, 6.07) is 8.01. The molecule has 0 unspecified atom stereocenters. The molecular formula is C13H17NO. The lowest BCUT2D eigenvalue weighted by molar-refractivity contribution is 0.0935. The van der Waals surface area contributed by atoms with Crippen molar-refractivity contribution in [1.82, 2.24) is 4.98 Å². The zero-order valence-electron chi connectivity index (χ0n) is 9.29. The Morgan fingerprint density at radius 1 is 1.40 bits per heavy atom. The van der Waals surface area contributed by atoms with Gasteiger partial charge in [-0.15, -0.1) is 0 Å². The number of carbonyl (C=O) groups is 1. The van der Waals surface area contributed by atoms with Crippen molar-refractivity contribution < 1.29 is 6.22 Å². The average molecular weight is 203 g/mol. The molecule has 2 aromatic rings. The third-order valence-electron chi connectivity index (χ3n) is 2.65. The minimum Gasteiger partial charge on any atom is -0.352 e. The van der Waals surface area contributed by atoms with E-state index in [1.54, 1.807) is 0 Å². The van der Waals surface area contributed by atoms with E-state index < -0.39 is 0 Å². The molecule has 2 heteroatoms. The van der Waals surface area contributed by atoms with E-state index in [1.807, 2.05) is 45.0 Å². The summed E-state index contributed by atoms with van der Waals surface area (Å²) in [6.45, 7) is 5.88. The highest BCUT2D eigenvalue weighted by atomic mass is 16.1. The second-order valence-corrected chi connectivity index (χ2v) is 4.24. The molecule has 0 amide bonds. The molecule has 0 aliphatic carbocycles. The smallest absolute Gasteiger partial charge is 0.181 e. The molecule has 0 bridgehead atoms. The Labute approximate surface area is 90.8 Å². The van der Waals surface area contributed by atoms with Crippen molar-refractivity contribution >= 4 is 16.7 Å². The predicted molar refractivity (Wildman–Crippen MR) is 64.3 cm³/mol. The van der Waals surface area contributed by atoms with Gasteiger partial charge < -0.3 is 4.98 Å². The van der Waals surface area contributed by atoms with E-state index in [1.165, 1.54) is 5.56 Å². The first-order valence-electron chi connectivity index (χ1n) is 5.22. The maximum atomic E-state index is 11.8. The zero-order chi connectivity index (χ0) is 11.0. The third-order valence-corrected chi connectivity index (χ3v) is 2.65. The van der Waals surface area contributed by atoms with Crippen molar-refractivity contribution in [3.8, 4) is 0 Å². The Bertz CT molecular complexity index is 514. The van der Waals surface area contributed by atoms with E-state index in [-0.39, 0.29) is 13.1 Å². The minimum atomic E-state index is 0. The minimum absolute atomic E-state index is 0. The SMILES string of the molecule is Cc1cccc2cc(C(=O)C(C)C)[nH]c12.[HH]. The molecule has 0 aliphatic heterocycles. The number of aryl methyl sites for hydroxylation is 1. The number of nitrogens with one attached hydrogen (secondary N) is 1. The van der Waals surface area contributed by atoms with Crippen molar-refractivity contribution in [1.29, 1.82) is 0 Å². The van der Waals surface area contributed by atoms with Crippen molar-refractivity contribution in [2.75, 3.05) is 0 Å².